The van der Waals surface area contributed by atoms with Crippen molar-refractivity contribution in [1.82, 2.24) is 19.1 Å². The lowest BCUT2D eigenvalue weighted by Crippen LogP contribution is -2.29. The average Bonchev–Trinajstić information content (AvgIpc) is 3.26. The summed E-state index contributed by atoms with van der Waals surface area (Å²) < 4.78 is 19.3. The monoisotopic (exact) mass is 1000 g/mol. The third kappa shape index (κ3) is 15.1. The summed E-state index contributed by atoms with van der Waals surface area (Å²) >= 11 is 24.7. The molecule has 2 heterocycles. The lowest BCUT2D eigenvalue weighted by atomic mass is 10.0. The maximum absolute atomic E-state index is 13.5. The number of rotatable bonds is 18. The number of carbonyl (C=O) groups excluding carboxylic acids is 1. The number of aliphatic carboxylic acids is 1. The Hall–Kier alpha value is -6.32. The molecule has 0 saturated heterocycles. The van der Waals surface area contributed by atoms with E-state index in [1.54, 1.807) is 81.4 Å². The van der Waals surface area contributed by atoms with Crippen LogP contribution in [0.3, 0.4) is 0 Å². The Labute approximate surface area is 414 Å². The van der Waals surface area contributed by atoms with Gasteiger partial charge in [0, 0.05) is 45.5 Å². The summed E-state index contributed by atoms with van der Waals surface area (Å²) in [4.78, 5) is 58.8. The molecule has 0 aliphatic heterocycles. The van der Waals surface area contributed by atoms with E-state index < -0.39 is 17.9 Å². The minimum absolute atomic E-state index is 0.0176. The summed E-state index contributed by atoms with van der Waals surface area (Å²) in [6.45, 7) is 13.4. The van der Waals surface area contributed by atoms with Crippen LogP contribution in [0.1, 0.15) is 83.1 Å². The standard InChI is InChI=1S/C26H27Cl2N3O4.C24H25Cl2N3O4/c1-5-34-24(32)12-17(4)21-14-29-26(30-20-10-11-23(22(28)13-20)35-16(2)3)31(25(21)33)15-18-6-8-19(27)9-7-18;1-14(2)33-21-9-8-18(11-20(21)26)28-24-27-12-19(15(3)10-22(30)31)23(32)29(24)13-16-4-6-17(25)7-5-16/h6-14,16H,5,15H2,1-4H3,(H,29,30);4-9,11-12,14-15H,10,13H2,1-3H3,(H,27,28)(H,30,31)/b17-12+;. The minimum atomic E-state index is -0.980. The van der Waals surface area contributed by atoms with Gasteiger partial charge in [-0.2, -0.15) is 0 Å². The van der Waals surface area contributed by atoms with Crippen LogP contribution in [0.5, 0.6) is 11.5 Å². The summed E-state index contributed by atoms with van der Waals surface area (Å²) in [5.41, 5.74) is 3.39. The van der Waals surface area contributed by atoms with Crippen molar-refractivity contribution in [3.8, 4) is 11.5 Å². The minimum Gasteiger partial charge on any atom is -0.489 e. The van der Waals surface area contributed by atoms with Gasteiger partial charge < -0.3 is 30.0 Å². The molecule has 0 fully saturated rings. The highest BCUT2D eigenvalue weighted by molar-refractivity contribution is 6.32. The summed E-state index contributed by atoms with van der Waals surface area (Å²) in [6.07, 6.45) is 3.94. The highest BCUT2D eigenvalue weighted by Crippen LogP contribution is 2.31. The van der Waals surface area contributed by atoms with E-state index in [-0.39, 0.29) is 55.0 Å². The molecule has 14 nitrogen and oxygen atoms in total. The van der Waals surface area contributed by atoms with Gasteiger partial charge in [0.05, 0.1) is 53.9 Å². The number of ether oxygens (including phenoxy) is 3. The number of nitrogens with one attached hydrogen (secondary N) is 2. The number of hydrogen-bond donors (Lipinski definition) is 3. The lowest BCUT2D eigenvalue weighted by molar-refractivity contribution is -0.138. The van der Waals surface area contributed by atoms with E-state index in [0.29, 0.717) is 66.0 Å². The van der Waals surface area contributed by atoms with Crippen molar-refractivity contribution in [2.75, 3.05) is 17.2 Å². The average molecular weight is 1010 g/mol. The Morgan fingerprint density at radius 2 is 1.15 bits per heavy atom. The first-order chi connectivity index (χ1) is 32.3. The number of halogens is 4. The van der Waals surface area contributed by atoms with Gasteiger partial charge in [0.15, 0.2) is 0 Å². The molecule has 0 radical (unpaired) electrons. The highest BCUT2D eigenvalue weighted by atomic mass is 35.5. The molecule has 1 unspecified atom stereocenters. The first-order valence-corrected chi connectivity index (χ1v) is 23.0. The molecule has 0 bridgehead atoms. The largest absolute Gasteiger partial charge is 0.489 e. The second-order valence-corrected chi connectivity index (χ2v) is 17.7. The number of aromatic nitrogens is 4. The van der Waals surface area contributed by atoms with Crippen LogP contribution in [0.2, 0.25) is 20.1 Å². The number of anilines is 4. The molecule has 358 valence electrons. The first kappa shape index (κ1) is 52.6. The smallest absolute Gasteiger partial charge is 0.331 e. The number of nitrogens with zero attached hydrogens (tertiary/aromatic N) is 4. The van der Waals surface area contributed by atoms with Crippen LogP contribution in [-0.4, -0.2) is 55.0 Å². The van der Waals surface area contributed by atoms with Gasteiger partial charge in [-0.05, 0) is 125 Å². The van der Waals surface area contributed by atoms with Crippen molar-refractivity contribution in [3.05, 3.63) is 166 Å². The van der Waals surface area contributed by atoms with Gasteiger partial charge in [-0.3, -0.25) is 23.5 Å². The van der Waals surface area contributed by atoms with E-state index in [9.17, 15) is 19.2 Å². The summed E-state index contributed by atoms with van der Waals surface area (Å²) in [7, 11) is 0. The Balaban J connectivity index is 0.000000255. The normalized spacial score (nSPS) is 11.7. The Bertz CT molecular complexity index is 2870. The Kier molecular flexibility index (Phi) is 19.1. The van der Waals surface area contributed by atoms with Crippen LogP contribution in [0.4, 0.5) is 23.3 Å². The molecule has 3 N–H and O–H groups in total. The van der Waals surface area contributed by atoms with Crippen LogP contribution < -0.4 is 31.2 Å². The molecule has 6 aromatic rings. The number of hydrogen-bond acceptors (Lipinski definition) is 11. The predicted octanol–water partition coefficient (Wildman–Crippen LogP) is 11.8. The van der Waals surface area contributed by atoms with Gasteiger partial charge in [-0.15, -0.1) is 0 Å². The van der Waals surface area contributed by atoms with Gasteiger partial charge in [-0.1, -0.05) is 77.6 Å². The molecule has 6 rings (SSSR count). The maximum Gasteiger partial charge on any atom is 0.331 e. The van der Waals surface area contributed by atoms with Crippen LogP contribution in [-0.2, 0) is 27.4 Å². The summed E-state index contributed by atoms with van der Waals surface area (Å²) in [5.74, 6) is -0.257. The van der Waals surface area contributed by atoms with E-state index >= 15 is 0 Å². The zero-order valence-corrected chi connectivity index (χ0v) is 41.5. The number of carboxylic acid groups (broad SMARTS) is 1. The van der Waals surface area contributed by atoms with Crippen LogP contribution in [0.25, 0.3) is 5.57 Å². The summed E-state index contributed by atoms with van der Waals surface area (Å²) in [5, 5.41) is 17.5. The van der Waals surface area contributed by atoms with E-state index in [2.05, 4.69) is 20.6 Å². The third-order valence-corrected chi connectivity index (χ3v) is 10.9. The quantitative estimate of drug-likeness (QED) is 0.0549. The van der Waals surface area contributed by atoms with E-state index in [1.165, 1.54) is 27.6 Å². The Morgan fingerprint density at radius 1 is 0.691 bits per heavy atom. The second kappa shape index (κ2) is 24.6. The molecular formula is C50H52Cl4N6O8. The molecule has 0 amide bonds. The fourth-order valence-electron chi connectivity index (χ4n) is 6.57. The fourth-order valence-corrected chi connectivity index (χ4v) is 7.27. The second-order valence-electron chi connectivity index (χ2n) is 16.0. The molecule has 4 aromatic carbocycles. The zero-order valence-electron chi connectivity index (χ0n) is 38.5. The van der Waals surface area contributed by atoms with Crippen molar-refractivity contribution in [3.63, 3.8) is 0 Å². The van der Waals surface area contributed by atoms with Gasteiger partial charge in [0.2, 0.25) is 11.9 Å². The van der Waals surface area contributed by atoms with Crippen molar-refractivity contribution in [2.45, 2.75) is 86.1 Å². The van der Waals surface area contributed by atoms with Gasteiger partial charge in [0.25, 0.3) is 11.1 Å². The molecule has 68 heavy (non-hydrogen) atoms. The number of allylic oxidation sites excluding steroid dienone is 1. The maximum atomic E-state index is 13.5. The third-order valence-electron chi connectivity index (χ3n) is 9.79. The molecular weight excluding hydrogens is 954 g/mol. The molecule has 18 heteroatoms. The topological polar surface area (TPSA) is 176 Å². The van der Waals surface area contributed by atoms with Crippen LogP contribution in [0, 0.1) is 0 Å². The van der Waals surface area contributed by atoms with Crippen molar-refractivity contribution >= 4 is 87.2 Å². The van der Waals surface area contributed by atoms with E-state index in [0.717, 1.165) is 11.1 Å². The van der Waals surface area contributed by atoms with Crippen molar-refractivity contribution < 1.29 is 28.9 Å². The van der Waals surface area contributed by atoms with Crippen LogP contribution >= 0.6 is 46.4 Å². The number of carbonyl (C=O) groups is 2. The molecule has 0 saturated carbocycles. The number of carboxylic acids is 1. The molecule has 0 spiro atoms. The van der Waals surface area contributed by atoms with Gasteiger partial charge >= 0.3 is 11.9 Å². The molecule has 0 aliphatic rings. The van der Waals surface area contributed by atoms with Crippen molar-refractivity contribution in [2.24, 2.45) is 0 Å². The molecule has 0 aliphatic carbocycles. The zero-order chi connectivity index (χ0) is 49.7. The number of benzene rings is 4. The van der Waals surface area contributed by atoms with Crippen LogP contribution in [0.15, 0.2) is 113 Å². The first-order valence-electron chi connectivity index (χ1n) is 21.5. The van der Waals surface area contributed by atoms with E-state index in [4.69, 9.17) is 65.7 Å². The Morgan fingerprint density at radius 3 is 1.57 bits per heavy atom. The predicted molar refractivity (Wildman–Crippen MR) is 270 cm³/mol. The molecule has 2 aromatic heterocycles. The van der Waals surface area contributed by atoms with Crippen molar-refractivity contribution in [1.29, 1.82) is 0 Å². The van der Waals surface area contributed by atoms with Gasteiger partial charge in [-0.25, -0.2) is 14.8 Å². The number of esters is 1. The highest BCUT2D eigenvalue weighted by Gasteiger charge is 2.20. The van der Waals surface area contributed by atoms with E-state index in [1.807, 2.05) is 52.0 Å². The molecule has 1 atom stereocenters. The summed E-state index contributed by atoms with van der Waals surface area (Å²) in [6, 6.07) is 24.8. The SMILES string of the molecule is CC(C)Oc1ccc(Nc2ncc(C(C)CC(=O)O)c(=O)n2Cc2ccc(Cl)cc2)cc1Cl.CCOC(=O)/C=C(\C)c1cnc(Nc2ccc(OC(C)C)c(Cl)c2)n(Cc2ccc(Cl)cc2)c1=O. The fraction of sp³-hybridized carbons (Fsp3) is 0.280. The lowest BCUT2D eigenvalue weighted by Gasteiger charge is -2.18. The van der Waals surface area contributed by atoms with Gasteiger partial charge in [0.1, 0.15) is 11.5 Å².